The number of likely N-dealkylation sites (tertiary alicyclic amines) is 1. The van der Waals surface area contributed by atoms with Gasteiger partial charge >= 0.3 is 5.97 Å². The second-order valence-corrected chi connectivity index (χ2v) is 8.12. The molecule has 0 N–H and O–H groups in total. The second-order valence-electron chi connectivity index (χ2n) is 7.21. The number of benzene rings is 1. The van der Waals surface area contributed by atoms with Crippen molar-refractivity contribution < 1.29 is 19.1 Å². The Morgan fingerprint density at radius 1 is 1.16 bits per heavy atom. The van der Waals surface area contributed by atoms with E-state index in [1.165, 1.54) is 0 Å². The molecule has 0 unspecified atom stereocenters. The first-order chi connectivity index (χ1) is 11.7. The molecule has 1 aromatic rings. The summed E-state index contributed by atoms with van der Waals surface area (Å²) in [5.74, 6) is -0.606. The molecule has 0 bridgehead atoms. The van der Waals surface area contributed by atoms with E-state index in [1.54, 1.807) is 29.2 Å². The maximum Gasteiger partial charge on any atom is 0.329 e. The molecule has 2 rings (SSSR count). The monoisotopic (exact) mass is 409 g/mol. The van der Waals surface area contributed by atoms with Gasteiger partial charge in [0.2, 0.25) is 5.91 Å². The van der Waals surface area contributed by atoms with E-state index < -0.39 is 11.6 Å². The van der Waals surface area contributed by atoms with Crippen molar-refractivity contribution in [3.63, 3.8) is 0 Å². The Hall–Kier alpha value is -1.69. The van der Waals surface area contributed by atoms with Crippen LogP contribution in [0, 0.1) is 0 Å². The number of hydrogen-bond donors (Lipinski definition) is 0. The Labute approximate surface area is 156 Å². The predicted octanol–water partition coefficient (Wildman–Crippen LogP) is 3.74. The zero-order valence-corrected chi connectivity index (χ0v) is 16.5. The zero-order chi connectivity index (χ0) is 18.6. The number of rotatable bonds is 5. The van der Waals surface area contributed by atoms with Gasteiger partial charge in [-0.3, -0.25) is 9.59 Å². The van der Waals surface area contributed by atoms with Gasteiger partial charge in [0.15, 0.2) is 5.78 Å². The van der Waals surface area contributed by atoms with Gasteiger partial charge < -0.3 is 9.64 Å². The number of hydrogen-bond acceptors (Lipinski definition) is 4. The molecule has 136 valence electrons. The molecule has 1 amide bonds. The van der Waals surface area contributed by atoms with Gasteiger partial charge in [-0.15, -0.1) is 0 Å². The molecule has 1 heterocycles. The summed E-state index contributed by atoms with van der Waals surface area (Å²) in [5, 5.41) is 0. The van der Waals surface area contributed by atoms with Crippen LogP contribution in [0.15, 0.2) is 28.7 Å². The Kier molecular flexibility index (Phi) is 6.38. The van der Waals surface area contributed by atoms with Crippen LogP contribution in [0.3, 0.4) is 0 Å². The fourth-order valence-electron chi connectivity index (χ4n) is 2.82. The number of ether oxygens (including phenoxy) is 1. The minimum absolute atomic E-state index is 0.0751. The number of nitrogens with zero attached hydrogens (tertiary/aromatic N) is 1. The highest BCUT2D eigenvalue weighted by atomic mass is 79.9. The van der Waals surface area contributed by atoms with Crippen LogP contribution in [0.1, 0.15) is 56.8 Å². The van der Waals surface area contributed by atoms with E-state index in [2.05, 4.69) is 15.9 Å². The molecular formula is C19H24BrNO4. The molecular weight excluding hydrogens is 386 g/mol. The molecule has 1 aromatic carbocycles. The third-order valence-electron chi connectivity index (χ3n) is 3.98. The van der Waals surface area contributed by atoms with Crippen molar-refractivity contribution >= 4 is 33.6 Å². The van der Waals surface area contributed by atoms with Crippen LogP contribution < -0.4 is 0 Å². The van der Waals surface area contributed by atoms with Crippen molar-refractivity contribution in [2.24, 2.45) is 0 Å². The number of carbonyl (C=O) groups excluding carboxylic acids is 3. The average Bonchev–Trinajstić information content (AvgIpc) is 3.01. The number of Topliss-reactive ketones (excluding diaryl/α,β-unsaturated/α-hetero) is 1. The van der Waals surface area contributed by atoms with Crippen molar-refractivity contribution in [2.75, 3.05) is 6.54 Å². The van der Waals surface area contributed by atoms with Gasteiger partial charge in [-0.25, -0.2) is 4.79 Å². The Balaban J connectivity index is 1.92. The molecule has 1 fully saturated rings. The molecule has 0 aromatic heterocycles. The summed E-state index contributed by atoms with van der Waals surface area (Å²) >= 11 is 3.33. The van der Waals surface area contributed by atoms with E-state index in [9.17, 15) is 14.4 Å². The van der Waals surface area contributed by atoms with E-state index in [1.807, 2.05) is 20.8 Å². The molecule has 1 saturated heterocycles. The molecule has 1 aliphatic rings. The maximum absolute atomic E-state index is 12.5. The van der Waals surface area contributed by atoms with Gasteiger partial charge in [-0.1, -0.05) is 28.1 Å². The van der Waals surface area contributed by atoms with E-state index in [-0.39, 0.29) is 30.5 Å². The number of esters is 1. The molecule has 6 heteroatoms. The highest BCUT2D eigenvalue weighted by Gasteiger charge is 2.36. The van der Waals surface area contributed by atoms with Gasteiger partial charge in [0, 0.05) is 29.4 Å². The van der Waals surface area contributed by atoms with E-state index in [4.69, 9.17) is 4.74 Å². The van der Waals surface area contributed by atoms with Crippen LogP contribution in [0.25, 0.3) is 0 Å². The van der Waals surface area contributed by atoms with Crippen LogP contribution in [0.5, 0.6) is 0 Å². The minimum Gasteiger partial charge on any atom is -0.458 e. The van der Waals surface area contributed by atoms with Gasteiger partial charge in [0.1, 0.15) is 11.6 Å². The highest BCUT2D eigenvalue weighted by molar-refractivity contribution is 9.10. The highest BCUT2D eigenvalue weighted by Crippen LogP contribution is 2.22. The fraction of sp³-hybridized carbons (Fsp3) is 0.526. The first-order valence-corrected chi connectivity index (χ1v) is 9.28. The van der Waals surface area contributed by atoms with Gasteiger partial charge in [-0.05, 0) is 45.7 Å². The third kappa shape index (κ3) is 5.66. The molecule has 1 atom stereocenters. The Bertz CT molecular complexity index is 648. The molecule has 25 heavy (non-hydrogen) atoms. The Morgan fingerprint density at radius 3 is 2.40 bits per heavy atom. The molecule has 0 spiro atoms. The SMILES string of the molecule is CC(C)(C)OC(=O)[C@@H]1CCCN1C(=O)CCC(=O)c1ccc(Br)cc1. The first kappa shape index (κ1) is 19.6. The lowest BCUT2D eigenvalue weighted by atomic mass is 10.1. The van der Waals surface area contributed by atoms with Gasteiger partial charge in [0.25, 0.3) is 0 Å². The molecule has 5 nitrogen and oxygen atoms in total. The van der Waals surface area contributed by atoms with E-state index in [0.29, 0.717) is 18.5 Å². The van der Waals surface area contributed by atoms with E-state index in [0.717, 1.165) is 10.9 Å². The summed E-state index contributed by atoms with van der Waals surface area (Å²) in [6, 6.07) is 6.53. The summed E-state index contributed by atoms with van der Waals surface area (Å²) in [6.07, 6.45) is 1.63. The van der Waals surface area contributed by atoms with Crippen LogP contribution in [-0.2, 0) is 14.3 Å². The fourth-order valence-corrected chi connectivity index (χ4v) is 3.09. The van der Waals surface area contributed by atoms with Gasteiger partial charge in [-0.2, -0.15) is 0 Å². The summed E-state index contributed by atoms with van der Waals surface area (Å²) in [5.41, 5.74) is 0.00692. The topological polar surface area (TPSA) is 63.7 Å². The van der Waals surface area contributed by atoms with Crippen LogP contribution in [-0.4, -0.2) is 40.7 Å². The lowest BCUT2D eigenvalue weighted by Crippen LogP contribution is -2.43. The molecule has 0 saturated carbocycles. The van der Waals surface area contributed by atoms with E-state index >= 15 is 0 Å². The van der Waals surface area contributed by atoms with Crippen LogP contribution in [0.2, 0.25) is 0 Å². The van der Waals surface area contributed by atoms with Gasteiger partial charge in [0.05, 0.1) is 0 Å². The minimum atomic E-state index is -0.577. The lowest BCUT2D eigenvalue weighted by molar-refractivity contribution is -0.163. The lowest BCUT2D eigenvalue weighted by Gasteiger charge is -2.27. The standard InChI is InChI=1S/C19H24BrNO4/c1-19(2,3)25-18(24)15-5-4-12-21(15)17(23)11-10-16(22)13-6-8-14(20)9-7-13/h6-9,15H,4-5,10-12H2,1-3H3/t15-/m0/s1. The first-order valence-electron chi connectivity index (χ1n) is 8.48. The largest absolute Gasteiger partial charge is 0.458 e. The summed E-state index contributed by atoms with van der Waals surface area (Å²) in [7, 11) is 0. The smallest absolute Gasteiger partial charge is 0.329 e. The van der Waals surface area contributed by atoms with Crippen molar-refractivity contribution in [1.82, 2.24) is 4.90 Å². The number of amides is 1. The normalized spacial score (nSPS) is 17.4. The predicted molar refractivity (Wildman–Crippen MR) is 98.3 cm³/mol. The van der Waals surface area contributed by atoms with Crippen molar-refractivity contribution in [2.45, 2.75) is 58.1 Å². The van der Waals surface area contributed by atoms with Crippen molar-refractivity contribution in [1.29, 1.82) is 0 Å². The molecule has 0 aliphatic carbocycles. The quantitative estimate of drug-likeness (QED) is 0.548. The van der Waals surface area contributed by atoms with Crippen molar-refractivity contribution in [3.8, 4) is 0 Å². The summed E-state index contributed by atoms with van der Waals surface area (Å²) in [6.45, 7) is 5.96. The third-order valence-corrected chi connectivity index (χ3v) is 4.51. The van der Waals surface area contributed by atoms with Crippen LogP contribution >= 0.6 is 15.9 Å². The maximum atomic E-state index is 12.5. The number of carbonyl (C=O) groups is 3. The number of halogens is 1. The average molecular weight is 410 g/mol. The van der Waals surface area contributed by atoms with Crippen LogP contribution in [0.4, 0.5) is 0 Å². The second kappa shape index (κ2) is 8.13. The number of ketones is 1. The summed E-state index contributed by atoms with van der Waals surface area (Å²) in [4.78, 5) is 38.5. The Morgan fingerprint density at radius 2 is 1.80 bits per heavy atom. The summed E-state index contributed by atoms with van der Waals surface area (Å²) < 4.78 is 6.30. The zero-order valence-electron chi connectivity index (χ0n) is 14.9. The van der Waals surface area contributed by atoms with Crippen molar-refractivity contribution in [3.05, 3.63) is 34.3 Å². The molecule has 1 aliphatic heterocycles. The molecule has 0 radical (unpaired) electrons.